The van der Waals surface area contributed by atoms with Crippen molar-refractivity contribution < 1.29 is 18.9 Å². The van der Waals surface area contributed by atoms with E-state index in [0.29, 0.717) is 34.1 Å². The molecule has 0 bridgehead atoms. The molecule has 146 valence electrons. The lowest BCUT2D eigenvalue weighted by atomic mass is 9.82. The van der Waals surface area contributed by atoms with Gasteiger partial charge in [-0.15, -0.1) is 0 Å². The minimum absolute atomic E-state index is 0.0628. The van der Waals surface area contributed by atoms with Crippen LogP contribution in [0.25, 0.3) is 5.76 Å². The number of benzene rings is 2. The third kappa shape index (κ3) is 3.30. The lowest BCUT2D eigenvalue weighted by Crippen LogP contribution is -2.20. The highest BCUT2D eigenvalue weighted by molar-refractivity contribution is 5.75. The fourth-order valence-corrected chi connectivity index (χ4v) is 3.34. The zero-order valence-corrected chi connectivity index (χ0v) is 16.2. The van der Waals surface area contributed by atoms with Crippen molar-refractivity contribution >= 4 is 5.76 Å². The average Bonchev–Trinajstić information content (AvgIpc) is 2.77. The Morgan fingerprint density at radius 1 is 0.862 bits per heavy atom. The van der Waals surface area contributed by atoms with E-state index in [1.807, 2.05) is 18.2 Å². The first-order valence-corrected chi connectivity index (χ1v) is 8.67. The number of hydrogen-bond donors (Lipinski definition) is 1. The maximum Gasteiger partial charge on any atom is 0.205 e. The van der Waals surface area contributed by atoms with Gasteiger partial charge in [-0.05, 0) is 6.07 Å². The van der Waals surface area contributed by atoms with Crippen LogP contribution in [0.15, 0.2) is 59.5 Å². The molecule has 0 radical (unpaired) electrons. The minimum atomic E-state index is -0.788. The minimum Gasteiger partial charge on any atom is -0.493 e. The molecule has 0 aromatic heterocycles. The molecule has 7 heteroatoms. The van der Waals surface area contributed by atoms with E-state index in [-0.39, 0.29) is 17.0 Å². The largest absolute Gasteiger partial charge is 0.493 e. The monoisotopic (exact) mass is 389 g/mol. The van der Waals surface area contributed by atoms with Gasteiger partial charge in [0.25, 0.3) is 0 Å². The van der Waals surface area contributed by atoms with Gasteiger partial charge in [0.05, 0.1) is 38.9 Å². The third-order valence-corrected chi connectivity index (χ3v) is 4.62. The normalized spacial score (nSPS) is 15.8. The molecule has 0 saturated heterocycles. The van der Waals surface area contributed by atoms with Crippen LogP contribution in [0, 0.1) is 22.7 Å². The molecule has 1 aliphatic heterocycles. The van der Waals surface area contributed by atoms with Gasteiger partial charge in [0.1, 0.15) is 11.6 Å². The fraction of sp³-hybridized carbons (Fsp3) is 0.182. The average molecular weight is 389 g/mol. The lowest BCUT2D eigenvalue weighted by Gasteiger charge is -2.27. The van der Waals surface area contributed by atoms with Crippen LogP contribution in [0.4, 0.5) is 0 Å². The topological polar surface area (TPSA) is 111 Å². The number of nitrogens with zero attached hydrogens (tertiary/aromatic N) is 2. The maximum absolute atomic E-state index is 9.99. The summed E-state index contributed by atoms with van der Waals surface area (Å²) in [5.41, 5.74) is 7.65. The zero-order chi connectivity index (χ0) is 21.0. The summed E-state index contributed by atoms with van der Waals surface area (Å²) in [6.45, 7) is 0. The third-order valence-electron chi connectivity index (χ3n) is 4.62. The molecule has 1 atom stereocenters. The SMILES string of the molecule is COc1ccc(C2C(C#N)=C(N)OC(c3ccccc3)=C2C#N)c(OC)c1OC. The summed E-state index contributed by atoms with van der Waals surface area (Å²) in [4.78, 5) is 0. The molecule has 0 saturated carbocycles. The van der Waals surface area contributed by atoms with Crippen LogP contribution in [0.3, 0.4) is 0 Å². The van der Waals surface area contributed by atoms with Gasteiger partial charge >= 0.3 is 0 Å². The van der Waals surface area contributed by atoms with Crippen LogP contribution < -0.4 is 19.9 Å². The van der Waals surface area contributed by atoms with Crippen LogP contribution in [0.2, 0.25) is 0 Å². The molecular formula is C22H19N3O4. The van der Waals surface area contributed by atoms with Crippen molar-refractivity contribution in [1.82, 2.24) is 0 Å². The van der Waals surface area contributed by atoms with Gasteiger partial charge in [0, 0.05) is 11.1 Å². The molecule has 3 rings (SSSR count). The predicted molar refractivity (Wildman–Crippen MR) is 106 cm³/mol. The van der Waals surface area contributed by atoms with E-state index < -0.39 is 5.92 Å². The fourth-order valence-electron chi connectivity index (χ4n) is 3.34. The molecule has 1 unspecified atom stereocenters. The maximum atomic E-state index is 9.99. The van der Waals surface area contributed by atoms with Crippen molar-refractivity contribution in [2.75, 3.05) is 21.3 Å². The smallest absolute Gasteiger partial charge is 0.205 e. The van der Waals surface area contributed by atoms with Gasteiger partial charge < -0.3 is 24.7 Å². The molecule has 0 fully saturated rings. The quantitative estimate of drug-likeness (QED) is 0.834. The Morgan fingerprint density at radius 3 is 2.07 bits per heavy atom. The molecule has 2 aromatic rings. The summed E-state index contributed by atoms with van der Waals surface area (Å²) in [5, 5.41) is 19.7. The molecule has 7 nitrogen and oxygen atoms in total. The van der Waals surface area contributed by atoms with Crippen LogP contribution in [-0.2, 0) is 4.74 Å². The van der Waals surface area contributed by atoms with Crippen LogP contribution >= 0.6 is 0 Å². The highest BCUT2D eigenvalue weighted by Gasteiger charge is 2.36. The van der Waals surface area contributed by atoms with Crippen LogP contribution in [0.5, 0.6) is 17.2 Å². The molecular weight excluding hydrogens is 370 g/mol. The van der Waals surface area contributed by atoms with Crippen LogP contribution in [0.1, 0.15) is 17.0 Å². The Kier molecular flexibility index (Phi) is 5.61. The standard InChI is InChI=1S/C22H19N3O4/c1-26-17-10-9-14(20(27-2)21(17)28-3)18-15(11-23)19(13-7-5-4-6-8-13)29-22(25)16(18)12-24/h4-10,18H,25H2,1-3H3. The van der Waals surface area contributed by atoms with Gasteiger partial charge in [-0.1, -0.05) is 36.4 Å². The Hall–Kier alpha value is -4.10. The highest BCUT2D eigenvalue weighted by atomic mass is 16.5. The first-order valence-electron chi connectivity index (χ1n) is 8.67. The first-order chi connectivity index (χ1) is 14.1. The van der Waals surface area contributed by atoms with Gasteiger partial charge in [0.2, 0.25) is 11.6 Å². The van der Waals surface area contributed by atoms with Gasteiger partial charge in [0.15, 0.2) is 17.3 Å². The number of nitriles is 2. The van der Waals surface area contributed by atoms with E-state index in [9.17, 15) is 10.5 Å². The number of ether oxygens (including phenoxy) is 4. The summed E-state index contributed by atoms with van der Waals surface area (Å²) >= 11 is 0. The van der Waals surface area contributed by atoms with E-state index in [2.05, 4.69) is 12.1 Å². The molecule has 1 aliphatic rings. The highest BCUT2D eigenvalue weighted by Crippen LogP contribution is 2.49. The van der Waals surface area contributed by atoms with E-state index in [0.717, 1.165) is 0 Å². The zero-order valence-electron chi connectivity index (χ0n) is 16.2. The van der Waals surface area contributed by atoms with E-state index in [4.69, 9.17) is 24.7 Å². The first kappa shape index (κ1) is 19.7. The molecule has 1 heterocycles. The van der Waals surface area contributed by atoms with E-state index in [1.165, 1.54) is 21.3 Å². The van der Waals surface area contributed by atoms with Crippen LogP contribution in [-0.4, -0.2) is 21.3 Å². The van der Waals surface area contributed by atoms with Crippen molar-refractivity contribution in [3.63, 3.8) is 0 Å². The van der Waals surface area contributed by atoms with Gasteiger partial charge in [-0.2, -0.15) is 10.5 Å². The number of rotatable bonds is 5. The summed E-state index contributed by atoms with van der Waals surface area (Å²) in [7, 11) is 4.48. The van der Waals surface area contributed by atoms with Crippen molar-refractivity contribution in [2.24, 2.45) is 5.73 Å². The van der Waals surface area contributed by atoms with E-state index in [1.54, 1.807) is 24.3 Å². The van der Waals surface area contributed by atoms with Crippen molar-refractivity contribution in [1.29, 1.82) is 10.5 Å². The van der Waals surface area contributed by atoms with Gasteiger partial charge in [-0.3, -0.25) is 0 Å². The van der Waals surface area contributed by atoms with Gasteiger partial charge in [-0.25, -0.2) is 0 Å². The summed E-state index contributed by atoms with van der Waals surface area (Å²) in [6, 6.07) is 16.8. The molecule has 2 N–H and O–H groups in total. The predicted octanol–water partition coefficient (Wildman–Crippen LogP) is 3.45. The number of nitrogens with two attached hydrogens (primary N) is 1. The summed E-state index contributed by atoms with van der Waals surface area (Å²) in [5.74, 6) is 0.608. The molecule has 0 amide bonds. The summed E-state index contributed by atoms with van der Waals surface area (Å²) in [6.07, 6.45) is 0. The second kappa shape index (κ2) is 8.28. The Morgan fingerprint density at radius 2 is 1.52 bits per heavy atom. The lowest BCUT2D eigenvalue weighted by molar-refractivity contribution is 0.320. The molecule has 29 heavy (non-hydrogen) atoms. The number of methoxy groups -OCH3 is 3. The summed E-state index contributed by atoms with van der Waals surface area (Å²) < 4.78 is 22.1. The van der Waals surface area contributed by atoms with Crippen molar-refractivity contribution in [2.45, 2.75) is 5.92 Å². The Bertz CT molecular complexity index is 1080. The number of hydrogen-bond acceptors (Lipinski definition) is 7. The Labute approximate surface area is 168 Å². The van der Waals surface area contributed by atoms with E-state index >= 15 is 0 Å². The van der Waals surface area contributed by atoms with Crippen molar-refractivity contribution in [3.05, 3.63) is 70.6 Å². The Balaban J connectivity index is 2.33. The van der Waals surface area contributed by atoms with Crippen molar-refractivity contribution in [3.8, 4) is 29.4 Å². The molecule has 2 aromatic carbocycles. The molecule has 0 spiro atoms. The molecule has 0 aliphatic carbocycles. The second-order valence-corrected chi connectivity index (χ2v) is 6.07. The number of allylic oxidation sites excluding steroid dienone is 2. The second-order valence-electron chi connectivity index (χ2n) is 6.07.